The number of unbranched alkanes of at least 4 members (excludes halogenated alkanes) is 2. The first-order valence-corrected chi connectivity index (χ1v) is 10.7. The van der Waals surface area contributed by atoms with Crippen molar-refractivity contribution in [3.63, 3.8) is 0 Å². The van der Waals surface area contributed by atoms with E-state index in [4.69, 9.17) is 0 Å². The van der Waals surface area contributed by atoms with Gasteiger partial charge in [-0.05, 0) is 25.3 Å². The lowest BCUT2D eigenvalue weighted by Crippen LogP contribution is -2.68. The molecule has 4 N–H and O–H groups in total. The Kier molecular flexibility index (Phi) is 14.0. The number of nitrogens with one attached hydrogen (secondary N) is 1. The van der Waals surface area contributed by atoms with Gasteiger partial charge in [0.15, 0.2) is 12.1 Å². The van der Waals surface area contributed by atoms with Crippen LogP contribution >= 0.6 is 0 Å². The summed E-state index contributed by atoms with van der Waals surface area (Å²) in [5, 5.41) is 32.1. The van der Waals surface area contributed by atoms with Gasteiger partial charge in [-0.15, -0.1) is 0 Å². The highest BCUT2D eigenvalue weighted by molar-refractivity contribution is 5.87. The second-order valence-corrected chi connectivity index (χ2v) is 7.39. The van der Waals surface area contributed by atoms with E-state index in [1.807, 2.05) is 13.8 Å². The Morgan fingerprint density at radius 3 is 1.90 bits per heavy atom. The first-order valence-electron chi connectivity index (χ1n) is 10.7. The van der Waals surface area contributed by atoms with Crippen molar-refractivity contribution in [3.05, 3.63) is 12.2 Å². The fourth-order valence-electron chi connectivity index (χ4n) is 3.85. The Bertz CT molecular complexity index is 511. The lowest BCUT2D eigenvalue weighted by Gasteiger charge is -2.46. The number of amides is 1. The Morgan fingerprint density at radius 2 is 1.48 bits per heavy atom. The molecule has 2 atom stereocenters. The number of carbonyl (C=O) groups excluding carboxylic acids is 1. The molecule has 168 valence electrons. The molecule has 0 spiro atoms. The second kappa shape index (κ2) is 15.0. The fraction of sp³-hybridized carbons (Fsp3) is 0.762. The van der Waals surface area contributed by atoms with Crippen molar-refractivity contribution < 1.29 is 34.2 Å². The fourth-order valence-corrected chi connectivity index (χ4v) is 3.85. The maximum atomic E-state index is 12.1. The number of carbonyl (C=O) groups is 3. The Balaban J connectivity index is 5.63. The molecule has 1 amide bonds. The van der Waals surface area contributed by atoms with Crippen molar-refractivity contribution in [1.82, 2.24) is 5.32 Å². The molecule has 0 aliphatic carbocycles. The minimum Gasteiger partial charge on any atom is -0.477 e. The number of aliphatic hydroxyl groups excluding tert-OH is 1. The predicted molar refractivity (Wildman–Crippen MR) is 111 cm³/mol. The van der Waals surface area contributed by atoms with Crippen LogP contribution in [0.3, 0.4) is 0 Å². The first-order chi connectivity index (χ1) is 13.8. The number of aliphatic carboxylic acids is 2. The smallest absolute Gasteiger partial charge is 0.362 e. The van der Waals surface area contributed by atoms with E-state index in [0.717, 1.165) is 19.3 Å². The van der Waals surface area contributed by atoms with E-state index < -0.39 is 24.0 Å². The van der Waals surface area contributed by atoms with Crippen LogP contribution in [-0.2, 0) is 14.4 Å². The zero-order valence-corrected chi connectivity index (χ0v) is 18.1. The van der Waals surface area contributed by atoms with Gasteiger partial charge in [-0.3, -0.25) is 9.28 Å². The van der Waals surface area contributed by atoms with Crippen molar-refractivity contribution in [2.24, 2.45) is 0 Å². The highest BCUT2D eigenvalue weighted by Crippen LogP contribution is 2.26. The molecule has 0 aliphatic rings. The zero-order valence-electron chi connectivity index (χ0n) is 18.1. The van der Waals surface area contributed by atoms with Gasteiger partial charge in [0.05, 0.1) is 19.7 Å². The summed E-state index contributed by atoms with van der Waals surface area (Å²) in [7, 11) is 0. The highest BCUT2D eigenvalue weighted by atomic mass is 16.4. The number of carboxylic acids is 2. The number of quaternary nitrogens is 1. The summed E-state index contributed by atoms with van der Waals surface area (Å²) in [4.78, 5) is 36.1. The van der Waals surface area contributed by atoms with Crippen LogP contribution < -0.4 is 5.32 Å². The topological polar surface area (TPSA) is 124 Å². The third-order valence-electron chi connectivity index (χ3n) is 5.27. The zero-order chi connectivity index (χ0) is 22.3. The number of hydrogen-bond donors (Lipinski definition) is 4. The lowest BCUT2D eigenvalue weighted by atomic mass is 9.98. The number of aliphatic hydroxyl groups is 1. The van der Waals surface area contributed by atoms with Crippen LogP contribution in [-0.4, -0.2) is 76.0 Å². The highest BCUT2D eigenvalue weighted by Gasteiger charge is 2.49. The maximum absolute atomic E-state index is 12.1. The van der Waals surface area contributed by atoms with E-state index in [1.165, 1.54) is 6.08 Å². The molecule has 0 rings (SSSR count). The minimum absolute atomic E-state index is 0.0101. The average molecular weight is 416 g/mol. The van der Waals surface area contributed by atoms with Gasteiger partial charge in [0.1, 0.15) is 6.54 Å². The average Bonchev–Trinajstić information content (AvgIpc) is 2.66. The Labute approximate surface area is 174 Å². The third-order valence-corrected chi connectivity index (χ3v) is 5.27. The second-order valence-electron chi connectivity index (χ2n) is 7.39. The SMILES string of the molecule is CCCC/C=C/C(=O)NCC[N+](CCO)(C(CCC)C(=O)O)C(CCC)C(=O)O. The van der Waals surface area contributed by atoms with Gasteiger partial charge in [0.2, 0.25) is 5.91 Å². The molecule has 0 saturated carbocycles. The molecule has 2 unspecified atom stereocenters. The third kappa shape index (κ3) is 8.95. The summed E-state index contributed by atoms with van der Waals surface area (Å²) >= 11 is 0. The van der Waals surface area contributed by atoms with E-state index in [-0.39, 0.29) is 36.6 Å². The van der Waals surface area contributed by atoms with Gasteiger partial charge < -0.3 is 20.6 Å². The van der Waals surface area contributed by atoms with Crippen LogP contribution in [0, 0.1) is 0 Å². The monoisotopic (exact) mass is 415 g/mol. The van der Waals surface area contributed by atoms with Gasteiger partial charge in [-0.2, -0.15) is 0 Å². The number of carboxylic acid groups (broad SMARTS) is 2. The molecule has 0 radical (unpaired) electrons. The summed E-state index contributed by atoms with van der Waals surface area (Å²) in [6.07, 6.45) is 7.84. The van der Waals surface area contributed by atoms with E-state index in [2.05, 4.69) is 12.2 Å². The molecule has 0 aromatic rings. The van der Waals surface area contributed by atoms with Crippen LogP contribution in [0.5, 0.6) is 0 Å². The minimum atomic E-state index is -1.08. The summed E-state index contributed by atoms with van der Waals surface area (Å²) in [6, 6.07) is -1.92. The largest absolute Gasteiger partial charge is 0.477 e. The van der Waals surface area contributed by atoms with E-state index in [9.17, 15) is 29.7 Å². The van der Waals surface area contributed by atoms with Crippen molar-refractivity contribution in [3.8, 4) is 0 Å². The molecule has 0 saturated heterocycles. The van der Waals surface area contributed by atoms with Crippen LogP contribution in [0.15, 0.2) is 12.2 Å². The van der Waals surface area contributed by atoms with Gasteiger partial charge in [0, 0.05) is 12.8 Å². The van der Waals surface area contributed by atoms with Crippen molar-refractivity contribution >= 4 is 17.8 Å². The number of hydrogen-bond acceptors (Lipinski definition) is 4. The predicted octanol–water partition coefficient (Wildman–Crippen LogP) is 2.16. The molecule has 29 heavy (non-hydrogen) atoms. The Morgan fingerprint density at radius 1 is 0.931 bits per heavy atom. The van der Waals surface area contributed by atoms with Gasteiger partial charge in [-0.1, -0.05) is 39.7 Å². The van der Waals surface area contributed by atoms with E-state index >= 15 is 0 Å². The molecule has 8 heteroatoms. The lowest BCUT2D eigenvalue weighted by molar-refractivity contribution is -0.958. The summed E-state index contributed by atoms with van der Waals surface area (Å²) < 4.78 is -0.275. The van der Waals surface area contributed by atoms with Crippen molar-refractivity contribution in [2.45, 2.75) is 77.8 Å². The van der Waals surface area contributed by atoms with Crippen molar-refractivity contribution in [2.75, 3.05) is 26.2 Å². The molecular formula is C21H39N2O6+. The van der Waals surface area contributed by atoms with Crippen LogP contribution in [0.25, 0.3) is 0 Å². The van der Waals surface area contributed by atoms with Gasteiger partial charge >= 0.3 is 11.9 Å². The number of nitrogens with zero attached hydrogens (tertiary/aromatic N) is 1. The molecule has 0 heterocycles. The van der Waals surface area contributed by atoms with Crippen molar-refractivity contribution in [1.29, 1.82) is 0 Å². The normalized spacial score (nSPS) is 15.6. The van der Waals surface area contributed by atoms with Crippen LogP contribution in [0.2, 0.25) is 0 Å². The summed E-state index contributed by atoms with van der Waals surface area (Å²) in [5.74, 6) is -2.44. The number of rotatable bonds is 17. The molecule has 0 aromatic carbocycles. The molecule has 8 nitrogen and oxygen atoms in total. The standard InChI is InChI=1S/C21H38N2O6/c1-4-7-8-9-12-19(25)22-13-14-23(15-16-24,17(10-5-2)20(26)27)18(11-6-3)21(28)29/h9,12,17-18,24H,4-8,10-11,13-16H2,1-3H3,(H2-,22,25,26,27,28,29)/p+1/b12-9+. The van der Waals surface area contributed by atoms with E-state index in [0.29, 0.717) is 25.7 Å². The summed E-state index contributed by atoms with van der Waals surface area (Å²) in [5.41, 5.74) is 0. The summed E-state index contributed by atoms with van der Waals surface area (Å²) in [6.45, 7) is 5.71. The first kappa shape index (κ1) is 27.1. The van der Waals surface area contributed by atoms with Gasteiger partial charge in [0.25, 0.3) is 0 Å². The Hall–Kier alpha value is -1.93. The molecule has 0 bridgehead atoms. The van der Waals surface area contributed by atoms with Crippen LogP contribution in [0.1, 0.15) is 65.7 Å². The molecular weight excluding hydrogens is 376 g/mol. The molecule has 0 aliphatic heterocycles. The maximum Gasteiger partial charge on any atom is 0.362 e. The molecule has 0 fully saturated rings. The number of allylic oxidation sites excluding steroid dienone is 1. The molecule has 0 aromatic heterocycles. The van der Waals surface area contributed by atoms with E-state index in [1.54, 1.807) is 6.08 Å². The van der Waals surface area contributed by atoms with Gasteiger partial charge in [-0.25, -0.2) is 9.59 Å². The van der Waals surface area contributed by atoms with Crippen LogP contribution in [0.4, 0.5) is 0 Å². The quantitative estimate of drug-likeness (QED) is 0.164.